The average molecular weight is 415 g/mol. The lowest BCUT2D eigenvalue weighted by Crippen LogP contribution is -2.30. The maximum absolute atomic E-state index is 14.2. The number of rotatable bonds is 7. The molecule has 0 aromatic heterocycles. The van der Waals surface area contributed by atoms with Gasteiger partial charge in [-0.15, -0.1) is 0 Å². The third kappa shape index (κ3) is 4.93. The molecule has 0 amide bonds. The average Bonchev–Trinajstić information content (AvgIpc) is 2.70. The Morgan fingerprint density at radius 2 is 1.48 bits per heavy atom. The highest BCUT2D eigenvalue weighted by molar-refractivity contribution is 7.89. The summed E-state index contributed by atoms with van der Waals surface area (Å²) in [5.41, 5.74) is 1.17. The highest BCUT2D eigenvalue weighted by Gasteiger charge is 2.26. The van der Waals surface area contributed by atoms with Gasteiger partial charge in [0.2, 0.25) is 10.0 Å². The van der Waals surface area contributed by atoms with Crippen LogP contribution in [0.4, 0.5) is 8.78 Å². The zero-order valence-electron chi connectivity index (χ0n) is 15.7. The molecule has 0 aliphatic rings. The second-order valence-electron chi connectivity index (χ2n) is 6.57. The molecule has 7 heteroatoms. The van der Waals surface area contributed by atoms with Gasteiger partial charge in [-0.25, -0.2) is 17.2 Å². The van der Waals surface area contributed by atoms with Crippen molar-refractivity contribution in [3.8, 4) is 0 Å². The number of halogens is 2. The number of carbonyl (C=O) groups is 1. The van der Waals surface area contributed by atoms with Gasteiger partial charge in [0.15, 0.2) is 5.78 Å². The summed E-state index contributed by atoms with van der Waals surface area (Å²) in [5, 5.41) is 0. The molecule has 3 rings (SSSR count). The first kappa shape index (κ1) is 20.8. The largest absolute Gasteiger partial charge is 0.295 e. The first-order valence-electron chi connectivity index (χ1n) is 8.86. The number of hydrogen-bond donors (Lipinski definition) is 0. The fourth-order valence-electron chi connectivity index (χ4n) is 2.85. The van der Waals surface area contributed by atoms with Crippen molar-refractivity contribution in [2.45, 2.75) is 24.9 Å². The number of sulfonamides is 1. The lowest BCUT2D eigenvalue weighted by Gasteiger charge is -2.23. The standard InChI is InChI=1S/C22H19F2NO3S/c1-16(26)18-8-12-21(13-9-18)29(27,28)25(14-17-6-10-20(23)11-7-17)15-19-4-2-3-5-22(19)24/h2-13H,14-15H2,1H3. The van der Waals surface area contributed by atoms with E-state index in [9.17, 15) is 22.0 Å². The fraction of sp³-hybridized carbons (Fsp3) is 0.136. The molecule has 0 aliphatic carbocycles. The Morgan fingerprint density at radius 1 is 0.862 bits per heavy atom. The van der Waals surface area contributed by atoms with Crippen LogP contribution in [0.2, 0.25) is 0 Å². The van der Waals surface area contributed by atoms with Crippen LogP contribution >= 0.6 is 0 Å². The maximum Gasteiger partial charge on any atom is 0.243 e. The summed E-state index contributed by atoms with van der Waals surface area (Å²) in [6.07, 6.45) is 0. The minimum atomic E-state index is -4.01. The molecule has 0 saturated heterocycles. The molecule has 0 aliphatic heterocycles. The Morgan fingerprint density at radius 3 is 2.07 bits per heavy atom. The van der Waals surface area contributed by atoms with Crippen LogP contribution in [0.3, 0.4) is 0 Å². The number of hydrogen-bond acceptors (Lipinski definition) is 3. The van der Waals surface area contributed by atoms with Gasteiger partial charge in [0, 0.05) is 24.2 Å². The highest BCUT2D eigenvalue weighted by atomic mass is 32.2. The van der Waals surface area contributed by atoms with E-state index in [4.69, 9.17) is 0 Å². The number of ketones is 1. The molecule has 0 unspecified atom stereocenters. The molecule has 3 aromatic carbocycles. The van der Waals surface area contributed by atoms with Crippen LogP contribution in [0.25, 0.3) is 0 Å². The summed E-state index contributed by atoms with van der Waals surface area (Å²) in [4.78, 5) is 11.4. The molecule has 0 bridgehead atoms. The third-order valence-corrected chi connectivity index (χ3v) is 6.28. The summed E-state index contributed by atoms with van der Waals surface area (Å²) >= 11 is 0. The molecule has 0 atom stereocenters. The van der Waals surface area contributed by atoms with E-state index in [0.29, 0.717) is 11.1 Å². The van der Waals surface area contributed by atoms with Gasteiger partial charge in [-0.3, -0.25) is 4.79 Å². The Labute approximate surface area is 168 Å². The first-order chi connectivity index (χ1) is 13.8. The van der Waals surface area contributed by atoms with Crippen LogP contribution in [0, 0.1) is 11.6 Å². The van der Waals surface area contributed by atoms with Crippen LogP contribution in [0.1, 0.15) is 28.4 Å². The fourth-order valence-corrected chi connectivity index (χ4v) is 4.25. The van der Waals surface area contributed by atoms with E-state index in [1.54, 1.807) is 6.07 Å². The predicted molar refractivity (Wildman–Crippen MR) is 106 cm³/mol. The van der Waals surface area contributed by atoms with Gasteiger partial charge in [-0.2, -0.15) is 4.31 Å². The number of Topliss-reactive ketones (excluding diaryl/α,β-unsaturated/α-hetero) is 1. The van der Waals surface area contributed by atoms with Crippen molar-refractivity contribution in [1.82, 2.24) is 4.31 Å². The van der Waals surface area contributed by atoms with E-state index in [2.05, 4.69) is 0 Å². The van der Waals surface area contributed by atoms with Crippen molar-refractivity contribution < 1.29 is 22.0 Å². The molecule has 4 nitrogen and oxygen atoms in total. The monoisotopic (exact) mass is 415 g/mol. The lowest BCUT2D eigenvalue weighted by molar-refractivity contribution is 0.101. The van der Waals surface area contributed by atoms with E-state index in [0.717, 1.165) is 4.31 Å². The normalized spacial score (nSPS) is 11.6. The van der Waals surface area contributed by atoms with Crippen LogP contribution in [-0.2, 0) is 23.1 Å². The van der Waals surface area contributed by atoms with E-state index in [1.807, 2.05) is 0 Å². The molecule has 0 fully saturated rings. The molecule has 0 spiro atoms. The molecule has 150 valence electrons. The van der Waals surface area contributed by atoms with Crippen molar-refractivity contribution in [3.05, 3.63) is 101 Å². The van der Waals surface area contributed by atoms with Gasteiger partial charge in [0.05, 0.1) is 4.90 Å². The zero-order chi connectivity index (χ0) is 21.0. The number of carbonyl (C=O) groups excluding carboxylic acids is 1. The van der Waals surface area contributed by atoms with Crippen LogP contribution in [0.15, 0.2) is 77.7 Å². The smallest absolute Gasteiger partial charge is 0.243 e. The number of nitrogens with zero attached hydrogens (tertiary/aromatic N) is 1. The van der Waals surface area contributed by atoms with Crippen LogP contribution in [0.5, 0.6) is 0 Å². The summed E-state index contributed by atoms with van der Waals surface area (Å²) in [6.45, 7) is 1.13. The van der Waals surface area contributed by atoms with Crippen molar-refractivity contribution in [2.24, 2.45) is 0 Å². The van der Waals surface area contributed by atoms with E-state index < -0.39 is 21.7 Å². The highest BCUT2D eigenvalue weighted by Crippen LogP contribution is 2.23. The Kier molecular flexibility index (Phi) is 6.20. The summed E-state index contributed by atoms with van der Waals surface area (Å²) in [7, 11) is -4.01. The van der Waals surface area contributed by atoms with Crippen molar-refractivity contribution in [2.75, 3.05) is 0 Å². The lowest BCUT2D eigenvalue weighted by atomic mass is 10.2. The quantitative estimate of drug-likeness (QED) is 0.532. The van der Waals surface area contributed by atoms with Gasteiger partial charge in [-0.05, 0) is 42.8 Å². The summed E-state index contributed by atoms with van der Waals surface area (Å²) in [6, 6.07) is 17.0. The SMILES string of the molecule is CC(=O)c1ccc(S(=O)(=O)N(Cc2ccc(F)cc2)Cc2ccccc2F)cc1. The van der Waals surface area contributed by atoms with Crippen LogP contribution in [-0.4, -0.2) is 18.5 Å². The molecule has 0 heterocycles. The first-order valence-corrected chi connectivity index (χ1v) is 10.3. The van der Waals surface area contributed by atoms with E-state index in [-0.39, 0.29) is 29.3 Å². The summed E-state index contributed by atoms with van der Waals surface area (Å²) in [5.74, 6) is -1.13. The van der Waals surface area contributed by atoms with Crippen molar-refractivity contribution in [1.29, 1.82) is 0 Å². The maximum atomic E-state index is 14.2. The zero-order valence-corrected chi connectivity index (χ0v) is 16.5. The van der Waals surface area contributed by atoms with Gasteiger partial charge >= 0.3 is 0 Å². The van der Waals surface area contributed by atoms with Crippen LogP contribution < -0.4 is 0 Å². The predicted octanol–water partition coefficient (Wildman–Crippen LogP) is 4.56. The Bertz CT molecular complexity index is 1110. The molecule has 0 N–H and O–H groups in total. The molecular weight excluding hydrogens is 396 g/mol. The Hall–Kier alpha value is -2.90. The minimum absolute atomic E-state index is 0.0130. The van der Waals surface area contributed by atoms with E-state index in [1.165, 1.54) is 73.7 Å². The topological polar surface area (TPSA) is 54.5 Å². The molecule has 0 saturated carbocycles. The molecule has 0 radical (unpaired) electrons. The molecular formula is C22H19F2NO3S. The summed E-state index contributed by atoms with van der Waals surface area (Å²) < 4.78 is 55.0. The van der Waals surface area contributed by atoms with E-state index >= 15 is 0 Å². The second-order valence-corrected chi connectivity index (χ2v) is 8.51. The molecule has 3 aromatic rings. The van der Waals surface area contributed by atoms with Crippen molar-refractivity contribution in [3.63, 3.8) is 0 Å². The van der Waals surface area contributed by atoms with Crippen molar-refractivity contribution >= 4 is 15.8 Å². The second kappa shape index (κ2) is 8.63. The minimum Gasteiger partial charge on any atom is -0.295 e. The van der Waals surface area contributed by atoms with Gasteiger partial charge in [0.25, 0.3) is 0 Å². The third-order valence-electron chi connectivity index (χ3n) is 4.48. The Balaban J connectivity index is 1.99. The molecule has 29 heavy (non-hydrogen) atoms. The van der Waals surface area contributed by atoms with Gasteiger partial charge in [-0.1, -0.05) is 42.5 Å². The number of benzene rings is 3. The van der Waals surface area contributed by atoms with Gasteiger partial charge < -0.3 is 0 Å². The van der Waals surface area contributed by atoms with Gasteiger partial charge in [0.1, 0.15) is 11.6 Å².